The second kappa shape index (κ2) is 4.75. The third-order valence-corrected chi connectivity index (χ3v) is 2.26. The SMILES string of the molecule is NCc1cc(I)nc([N+](=O)[O-])c1C(F)F. The zero-order chi connectivity index (χ0) is 11.6. The second-order valence-corrected chi connectivity index (χ2v) is 3.71. The van der Waals surface area contributed by atoms with Crippen molar-refractivity contribution in [3.8, 4) is 0 Å². The molecule has 0 aliphatic rings. The van der Waals surface area contributed by atoms with Gasteiger partial charge >= 0.3 is 5.82 Å². The molecule has 5 nitrogen and oxygen atoms in total. The quantitative estimate of drug-likeness (QED) is 0.398. The molecule has 0 aromatic carbocycles. The highest BCUT2D eigenvalue weighted by Crippen LogP contribution is 2.31. The first kappa shape index (κ1) is 12.2. The first-order valence-corrected chi connectivity index (χ1v) is 4.87. The van der Waals surface area contributed by atoms with Crippen molar-refractivity contribution in [1.29, 1.82) is 0 Å². The van der Waals surface area contributed by atoms with Crippen molar-refractivity contribution in [2.75, 3.05) is 0 Å². The summed E-state index contributed by atoms with van der Waals surface area (Å²) in [5.74, 6) is -0.822. The second-order valence-electron chi connectivity index (χ2n) is 2.60. The van der Waals surface area contributed by atoms with Gasteiger partial charge in [0.1, 0.15) is 5.56 Å². The Kier molecular flexibility index (Phi) is 3.85. The first-order chi connectivity index (χ1) is 6.97. The number of hydrogen-bond acceptors (Lipinski definition) is 4. The summed E-state index contributed by atoms with van der Waals surface area (Å²) in [5.41, 5.74) is 4.60. The van der Waals surface area contributed by atoms with Crippen LogP contribution >= 0.6 is 22.6 Å². The lowest BCUT2D eigenvalue weighted by Crippen LogP contribution is -2.08. The van der Waals surface area contributed by atoms with Gasteiger partial charge in [-0.1, -0.05) is 0 Å². The fraction of sp³-hybridized carbons (Fsp3) is 0.286. The van der Waals surface area contributed by atoms with Gasteiger partial charge in [-0.15, -0.1) is 0 Å². The van der Waals surface area contributed by atoms with Crippen LogP contribution in [0.2, 0.25) is 0 Å². The smallest absolute Gasteiger partial charge is 0.358 e. The van der Waals surface area contributed by atoms with Crippen molar-refractivity contribution in [3.63, 3.8) is 0 Å². The maximum atomic E-state index is 12.6. The van der Waals surface area contributed by atoms with E-state index in [9.17, 15) is 18.9 Å². The highest BCUT2D eigenvalue weighted by atomic mass is 127. The van der Waals surface area contributed by atoms with E-state index in [0.717, 1.165) is 0 Å². The summed E-state index contributed by atoms with van der Waals surface area (Å²) in [4.78, 5) is 13.0. The molecule has 0 aliphatic carbocycles. The Morgan fingerprint density at radius 1 is 1.67 bits per heavy atom. The summed E-state index contributed by atoms with van der Waals surface area (Å²) >= 11 is 1.71. The lowest BCUT2D eigenvalue weighted by atomic mass is 10.1. The number of alkyl halides is 2. The molecule has 8 heteroatoms. The number of hydrogen-bond donors (Lipinski definition) is 1. The molecule has 1 aromatic heterocycles. The van der Waals surface area contributed by atoms with Crippen molar-refractivity contribution >= 4 is 28.4 Å². The predicted octanol–water partition coefficient (Wildman–Crippen LogP) is 1.99. The predicted molar refractivity (Wildman–Crippen MR) is 56.5 cm³/mol. The van der Waals surface area contributed by atoms with Crippen LogP contribution in [-0.2, 0) is 6.54 Å². The van der Waals surface area contributed by atoms with E-state index in [4.69, 9.17) is 5.73 Å². The average molecular weight is 329 g/mol. The largest absolute Gasteiger partial charge is 0.373 e. The molecule has 0 saturated carbocycles. The number of nitro groups is 1. The van der Waals surface area contributed by atoms with Crippen LogP contribution < -0.4 is 5.73 Å². The number of nitrogens with zero attached hydrogens (tertiary/aromatic N) is 2. The van der Waals surface area contributed by atoms with Crippen molar-refractivity contribution < 1.29 is 13.7 Å². The van der Waals surface area contributed by atoms with E-state index in [1.807, 2.05) is 0 Å². The van der Waals surface area contributed by atoms with Crippen LogP contribution in [0.5, 0.6) is 0 Å². The average Bonchev–Trinajstić information content (AvgIpc) is 2.15. The molecule has 0 aliphatic heterocycles. The van der Waals surface area contributed by atoms with Gasteiger partial charge in [0.2, 0.25) is 3.70 Å². The maximum absolute atomic E-state index is 12.6. The van der Waals surface area contributed by atoms with Gasteiger partial charge in [0.05, 0.1) is 0 Å². The highest BCUT2D eigenvalue weighted by molar-refractivity contribution is 14.1. The normalized spacial score (nSPS) is 10.7. The molecule has 0 atom stereocenters. The molecule has 82 valence electrons. The monoisotopic (exact) mass is 329 g/mol. The molecule has 0 amide bonds. The molecule has 1 rings (SSSR count). The number of aromatic nitrogens is 1. The van der Waals surface area contributed by atoms with E-state index in [1.54, 1.807) is 22.6 Å². The summed E-state index contributed by atoms with van der Waals surface area (Å²) < 4.78 is 25.4. The van der Waals surface area contributed by atoms with Crippen LogP contribution in [0.3, 0.4) is 0 Å². The topological polar surface area (TPSA) is 82.0 Å². The Balaban J connectivity index is 3.47. The minimum absolute atomic E-state index is 0.0519. The standard InChI is InChI=1S/C7H6F2IN3O2/c8-6(9)5-3(2-11)1-4(10)12-7(5)13(14)15/h1,6H,2,11H2. The van der Waals surface area contributed by atoms with Crippen molar-refractivity contribution in [2.45, 2.75) is 13.0 Å². The van der Waals surface area contributed by atoms with Crippen LogP contribution in [0.1, 0.15) is 17.6 Å². The Morgan fingerprint density at radius 3 is 2.67 bits per heavy atom. The summed E-state index contributed by atoms with van der Waals surface area (Å²) in [7, 11) is 0. The molecule has 0 bridgehead atoms. The minimum Gasteiger partial charge on any atom is -0.358 e. The Morgan fingerprint density at radius 2 is 2.27 bits per heavy atom. The zero-order valence-electron chi connectivity index (χ0n) is 7.28. The summed E-state index contributed by atoms with van der Waals surface area (Å²) in [6, 6.07) is 1.31. The third kappa shape index (κ3) is 2.56. The first-order valence-electron chi connectivity index (χ1n) is 3.79. The van der Waals surface area contributed by atoms with Gasteiger partial charge < -0.3 is 15.8 Å². The van der Waals surface area contributed by atoms with Crippen LogP contribution in [0.15, 0.2) is 6.07 Å². The molecular weight excluding hydrogens is 323 g/mol. The van der Waals surface area contributed by atoms with Gasteiger partial charge in [-0.05, 0) is 15.5 Å². The maximum Gasteiger partial charge on any atom is 0.373 e. The van der Waals surface area contributed by atoms with Crippen molar-refractivity contribution in [3.05, 3.63) is 31.0 Å². The fourth-order valence-electron chi connectivity index (χ4n) is 1.10. The van der Waals surface area contributed by atoms with E-state index >= 15 is 0 Å². The highest BCUT2D eigenvalue weighted by Gasteiger charge is 2.27. The number of pyridine rings is 1. The van der Waals surface area contributed by atoms with Gasteiger partial charge in [-0.3, -0.25) is 0 Å². The minimum atomic E-state index is -2.95. The molecular formula is C7H6F2IN3O2. The van der Waals surface area contributed by atoms with Gasteiger partial charge in [0, 0.05) is 35.2 Å². The summed E-state index contributed by atoms with van der Waals surface area (Å²) in [5, 5.41) is 10.5. The van der Waals surface area contributed by atoms with Gasteiger partial charge in [-0.25, -0.2) is 8.78 Å². The lowest BCUT2D eigenvalue weighted by molar-refractivity contribution is -0.391. The molecule has 0 radical (unpaired) electrons. The Bertz CT molecular complexity index is 400. The lowest BCUT2D eigenvalue weighted by Gasteiger charge is -2.06. The van der Waals surface area contributed by atoms with E-state index in [2.05, 4.69) is 4.98 Å². The molecule has 0 saturated heterocycles. The summed E-state index contributed by atoms with van der Waals surface area (Å²) in [6.45, 7) is -0.182. The molecule has 15 heavy (non-hydrogen) atoms. The molecule has 0 fully saturated rings. The van der Waals surface area contributed by atoms with Crippen molar-refractivity contribution in [2.24, 2.45) is 5.73 Å². The van der Waals surface area contributed by atoms with Crippen LogP contribution in [0.25, 0.3) is 0 Å². The van der Waals surface area contributed by atoms with Crippen LogP contribution in [0, 0.1) is 13.8 Å². The van der Waals surface area contributed by atoms with Crippen LogP contribution in [-0.4, -0.2) is 9.91 Å². The third-order valence-electron chi connectivity index (χ3n) is 1.70. The molecule has 2 N–H and O–H groups in total. The molecule has 1 aromatic rings. The fourth-order valence-corrected chi connectivity index (χ4v) is 1.71. The molecule has 0 spiro atoms. The summed E-state index contributed by atoms with van der Waals surface area (Å²) in [6.07, 6.45) is -2.95. The Labute approximate surface area is 97.0 Å². The van der Waals surface area contributed by atoms with Gasteiger partial charge in [-0.2, -0.15) is 0 Å². The molecule has 0 unspecified atom stereocenters. The van der Waals surface area contributed by atoms with Crippen LogP contribution in [0.4, 0.5) is 14.6 Å². The van der Waals surface area contributed by atoms with Gasteiger partial charge in [0.15, 0.2) is 0 Å². The van der Waals surface area contributed by atoms with Crippen molar-refractivity contribution in [1.82, 2.24) is 4.98 Å². The zero-order valence-corrected chi connectivity index (χ0v) is 9.44. The van der Waals surface area contributed by atoms with E-state index < -0.39 is 22.7 Å². The van der Waals surface area contributed by atoms with Gasteiger partial charge in [0.25, 0.3) is 6.43 Å². The molecule has 1 heterocycles. The van der Waals surface area contributed by atoms with E-state index in [1.165, 1.54) is 6.07 Å². The Hall–Kier alpha value is -0.900. The van der Waals surface area contributed by atoms with E-state index in [0.29, 0.717) is 0 Å². The number of halogens is 3. The number of nitrogens with two attached hydrogens (primary N) is 1. The van der Waals surface area contributed by atoms with E-state index in [-0.39, 0.29) is 15.8 Å². The number of rotatable bonds is 3.